The molecule has 3 rings (SSSR count). The van der Waals surface area contributed by atoms with Crippen LogP contribution in [0.15, 0.2) is 42.6 Å². The van der Waals surface area contributed by atoms with Gasteiger partial charge in [0.25, 0.3) is 0 Å². The van der Waals surface area contributed by atoms with E-state index < -0.39 is 0 Å². The highest BCUT2D eigenvalue weighted by atomic mass is 14.8. The van der Waals surface area contributed by atoms with Gasteiger partial charge in [0.05, 0.1) is 22.9 Å². The first-order chi connectivity index (χ1) is 9.15. The van der Waals surface area contributed by atoms with Gasteiger partial charge in [-0.3, -0.25) is 4.98 Å². The first-order valence-electron chi connectivity index (χ1n) is 6.24. The second-order valence-electron chi connectivity index (χ2n) is 4.77. The predicted octanol–water partition coefficient (Wildman–Crippen LogP) is 3.50. The summed E-state index contributed by atoms with van der Waals surface area (Å²) in [5.41, 5.74) is 12.7. The zero-order valence-electron chi connectivity index (χ0n) is 11.0. The monoisotopic (exact) mass is 249 g/mol. The lowest BCUT2D eigenvalue weighted by molar-refractivity contribution is 1.26. The lowest BCUT2D eigenvalue weighted by atomic mass is 10.1. The molecule has 0 bridgehead atoms. The fourth-order valence-corrected chi connectivity index (χ4v) is 2.13. The molecule has 0 spiro atoms. The van der Waals surface area contributed by atoms with E-state index in [1.165, 1.54) is 11.1 Å². The Morgan fingerprint density at radius 1 is 0.947 bits per heavy atom. The van der Waals surface area contributed by atoms with Crippen molar-refractivity contribution in [2.24, 2.45) is 0 Å². The molecule has 0 aliphatic rings. The number of hydrogen-bond acceptors (Lipinski definition) is 3. The number of aryl methyl sites for hydroxylation is 2. The fraction of sp³-hybridized carbons (Fsp3) is 0.125. The van der Waals surface area contributed by atoms with Gasteiger partial charge in [-0.2, -0.15) is 0 Å². The molecule has 1 aromatic heterocycles. The molecule has 2 aromatic carbocycles. The molecule has 0 unspecified atom stereocenters. The molecule has 0 radical (unpaired) electrons. The Bertz CT molecular complexity index is 763. The van der Waals surface area contributed by atoms with Crippen molar-refractivity contribution in [1.29, 1.82) is 0 Å². The number of nitrogens with two attached hydrogens (primary N) is 1. The molecule has 94 valence electrons. The van der Waals surface area contributed by atoms with Gasteiger partial charge in [0.1, 0.15) is 0 Å². The van der Waals surface area contributed by atoms with Crippen LogP contribution < -0.4 is 5.73 Å². The average molecular weight is 249 g/mol. The van der Waals surface area contributed by atoms with E-state index in [-0.39, 0.29) is 0 Å². The molecule has 0 aliphatic heterocycles. The van der Waals surface area contributed by atoms with E-state index in [0.29, 0.717) is 0 Å². The zero-order chi connectivity index (χ0) is 13.4. The molecule has 0 saturated heterocycles. The van der Waals surface area contributed by atoms with Crippen LogP contribution in [0.5, 0.6) is 0 Å². The van der Waals surface area contributed by atoms with Crippen LogP contribution in [0.4, 0.5) is 5.69 Å². The van der Waals surface area contributed by atoms with Crippen molar-refractivity contribution in [3.63, 3.8) is 0 Å². The van der Waals surface area contributed by atoms with Crippen LogP contribution in [-0.4, -0.2) is 9.97 Å². The van der Waals surface area contributed by atoms with Crippen LogP contribution >= 0.6 is 0 Å². The Morgan fingerprint density at radius 2 is 1.63 bits per heavy atom. The summed E-state index contributed by atoms with van der Waals surface area (Å²) in [5, 5.41) is 0. The lowest BCUT2D eigenvalue weighted by Crippen LogP contribution is -1.94. The minimum Gasteiger partial charge on any atom is -0.398 e. The minimum atomic E-state index is 0.722. The van der Waals surface area contributed by atoms with Crippen LogP contribution in [0, 0.1) is 13.8 Å². The number of nitrogen functional groups attached to an aromatic ring is 1. The zero-order valence-corrected chi connectivity index (χ0v) is 11.0. The van der Waals surface area contributed by atoms with E-state index in [2.05, 4.69) is 35.9 Å². The Hall–Kier alpha value is -2.42. The van der Waals surface area contributed by atoms with Crippen molar-refractivity contribution >= 4 is 16.7 Å². The third-order valence-corrected chi connectivity index (χ3v) is 3.39. The van der Waals surface area contributed by atoms with Gasteiger partial charge in [0.2, 0.25) is 0 Å². The maximum atomic E-state index is 5.98. The SMILES string of the molecule is Cc1cc2ncc(-c3ccccc3N)nc2cc1C. The minimum absolute atomic E-state index is 0.722. The van der Waals surface area contributed by atoms with Crippen molar-refractivity contribution in [3.05, 3.63) is 53.7 Å². The molecule has 19 heavy (non-hydrogen) atoms. The van der Waals surface area contributed by atoms with Crippen molar-refractivity contribution in [2.45, 2.75) is 13.8 Å². The van der Waals surface area contributed by atoms with Gasteiger partial charge < -0.3 is 5.73 Å². The van der Waals surface area contributed by atoms with E-state index in [9.17, 15) is 0 Å². The summed E-state index contributed by atoms with van der Waals surface area (Å²) >= 11 is 0. The molecule has 2 N–H and O–H groups in total. The van der Waals surface area contributed by atoms with Gasteiger partial charge in [-0.1, -0.05) is 18.2 Å². The topological polar surface area (TPSA) is 51.8 Å². The van der Waals surface area contributed by atoms with E-state index >= 15 is 0 Å². The van der Waals surface area contributed by atoms with E-state index in [1.54, 1.807) is 6.20 Å². The second kappa shape index (κ2) is 4.35. The third kappa shape index (κ3) is 2.03. The first-order valence-corrected chi connectivity index (χ1v) is 6.24. The lowest BCUT2D eigenvalue weighted by Gasteiger charge is -2.07. The summed E-state index contributed by atoms with van der Waals surface area (Å²) in [6.45, 7) is 4.17. The normalized spacial score (nSPS) is 10.8. The average Bonchev–Trinajstić information content (AvgIpc) is 2.40. The van der Waals surface area contributed by atoms with Crippen LogP contribution in [0.1, 0.15) is 11.1 Å². The largest absolute Gasteiger partial charge is 0.398 e. The number of rotatable bonds is 1. The number of hydrogen-bond donors (Lipinski definition) is 1. The summed E-state index contributed by atoms with van der Waals surface area (Å²) < 4.78 is 0. The molecule has 0 aliphatic carbocycles. The summed E-state index contributed by atoms with van der Waals surface area (Å²) in [6, 6.07) is 11.8. The Labute approximate surface area is 112 Å². The first kappa shape index (κ1) is 11.7. The van der Waals surface area contributed by atoms with Gasteiger partial charge >= 0.3 is 0 Å². The summed E-state index contributed by atoms with van der Waals surface area (Å²) in [4.78, 5) is 9.15. The van der Waals surface area contributed by atoms with Gasteiger partial charge in [0, 0.05) is 11.3 Å². The standard InChI is InChI=1S/C16H15N3/c1-10-7-14-15(8-11(10)2)19-16(9-18-14)12-5-3-4-6-13(12)17/h3-9H,17H2,1-2H3. The number of benzene rings is 2. The number of para-hydroxylation sites is 1. The van der Waals surface area contributed by atoms with Crippen molar-refractivity contribution in [1.82, 2.24) is 9.97 Å². The van der Waals surface area contributed by atoms with Crippen molar-refractivity contribution in [2.75, 3.05) is 5.73 Å². The second-order valence-corrected chi connectivity index (χ2v) is 4.77. The van der Waals surface area contributed by atoms with Gasteiger partial charge in [-0.25, -0.2) is 4.98 Å². The van der Waals surface area contributed by atoms with Crippen molar-refractivity contribution < 1.29 is 0 Å². The summed E-state index contributed by atoms with van der Waals surface area (Å²) in [5.74, 6) is 0. The van der Waals surface area contributed by atoms with E-state index in [1.807, 2.05) is 24.3 Å². The molecular formula is C16H15N3. The Kier molecular flexibility index (Phi) is 2.67. The predicted molar refractivity (Wildman–Crippen MR) is 78.9 cm³/mol. The number of nitrogens with zero attached hydrogens (tertiary/aromatic N) is 2. The molecule has 1 heterocycles. The number of anilines is 1. The molecule has 3 heteroatoms. The van der Waals surface area contributed by atoms with Crippen LogP contribution in [0.25, 0.3) is 22.3 Å². The highest BCUT2D eigenvalue weighted by Gasteiger charge is 2.06. The van der Waals surface area contributed by atoms with Crippen LogP contribution in [0.2, 0.25) is 0 Å². The summed E-state index contributed by atoms with van der Waals surface area (Å²) in [7, 11) is 0. The summed E-state index contributed by atoms with van der Waals surface area (Å²) in [6.07, 6.45) is 1.78. The Morgan fingerprint density at radius 3 is 2.37 bits per heavy atom. The Balaban J connectivity index is 2.22. The highest BCUT2D eigenvalue weighted by molar-refractivity contribution is 5.81. The van der Waals surface area contributed by atoms with Gasteiger partial charge in [0.15, 0.2) is 0 Å². The van der Waals surface area contributed by atoms with E-state index in [4.69, 9.17) is 5.73 Å². The van der Waals surface area contributed by atoms with E-state index in [0.717, 1.165) is 28.0 Å². The van der Waals surface area contributed by atoms with Gasteiger partial charge in [-0.05, 0) is 43.2 Å². The highest BCUT2D eigenvalue weighted by Crippen LogP contribution is 2.25. The number of fused-ring (bicyclic) bond motifs is 1. The molecule has 0 saturated carbocycles. The van der Waals surface area contributed by atoms with Crippen LogP contribution in [0.3, 0.4) is 0 Å². The molecule has 0 fully saturated rings. The molecule has 3 nitrogen and oxygen atoms in total. The fourth-order valence-electron chi connectivity index (χ4n) is 2.13. The quantitative estimate of drug-likeness (QED) is 0.671. The maximum Gasteiger partial charge on any atom is 0.0913 e. The third-order valence-electron chi connectivity index (χ3n) is 3.39. The molecule has 0 atom stereocenters. The van der Waals surface area contributed by atoms with Crippen molar-refractivity contribution in [3.8, 4) is 11.3 Å². The smallest absolute Gasteiger partial charge is 0.0913 e. The molecule has 3 aromatic rings. The molecule has 0 amide bonds. The maximum absolute atomic E-state index is 5.98. The van der Waals surface area contributed by atoms with Crippen LogP contribution in [-0.2, 0) is 0 Å². The molecular weight excluding hydrogens is 234 g/mol. The number of aromatic nitrogens is 2. The van der Waals surface area contributed by atoms with Gasteiger partial charge in [-0.15, -0.1) is 0 Å².